The number of pyridine rings is 1. The van der Waals surface area contributed by atoms with E-state index < -0.39 is 0 Å². The Bertz CT molecular complexity index is 1350. The van der Waals surface area contributed by atoms with Crippen molar-refractivity contribution in [3.8, 4) is 28.1 Å². The van der Waals surface area contributed by atoms with Crippen molar-refractivity contribution in [2.45, 2.75) is 13.8 Å². The van der Waals surface area contributed by atoms with Gasteiger partial charge in [0.05, 0.1) is 12.2 Å². The van der Waals surface area contributed by atoms with Crippen molar-refractivity contribution in [2.24, 2.45) is 0 Å². The second kappa shape index (κ2) is 8.29. The van der Waals surface area contributed by atoms with Gasteiger partial charge in [-0.3, -0.25) is 0 Å². The lowest BCUT2D eigenvalue weighted by Gasteiger charge is -2.36. The lowest BCUT2D eigenvalue weighted by Crippen LogP contribution is -2.45. The summed E-state index contributed by atoms with van der Waals surface area (Å²) in [6, 6.07) is 8.64. The van der Waals surface area contributed by atoms with Crippen LogP contribution in [-0.2, 0) is 0 Å². The Labute approximate surface area is 199 Å². The van der Waals surface area contributed by atoms with Gasteiger partial charge in [0.1, 0.15) is 6.61 Å². The van der Waals surface area contributed by atoms with E-state index in [0.29, 0.717) is 6.61 Å². The molecule has 0 unspecified atom stereocenters. The number of hydrogen-bond acceptors (Lipinski definition) is 7. The molecule has 0 amide bonds. The molecule has 2 N–H and O–H groups in total. The van der Waals surface area contributed by atoms with E-state index in [9.17, 15) is 0 Å². The zero-order chi connectivity index (χ0) is 23.2. The topological polar surface area (TPSA) is 82.2 Å². The number of H-pyrrole nitrogens is 1. The summed E-state index contributed by atoms with van der Waals surface area (Å²) in [4.78, 5) is 12.7. The van der Waals surface area contributed by atoms with Crippen molar-refractivity contribution in [1.29, 1.82) is 0 Å². The average Bonchev–Trinajstić information content (AvgIpc) is 3.28. The van der Waals surface area contributed by atoms with Crippen LogP contribution in [0.1, 0.15) is 11.1 Å². The molecule has 2 aliphatic heterocycles. The summed E-state index contributed by atoms with van der Waals surface area (Å²) in [7, 11) is 2.19. The van der Waals surface area contributed by atoms with E-state index in [4.69, 9.17) is 4.74 Å². The Morgan fingerprint density at radius 3 is 2.53 bits per heavy atom. The molecule has 6 rings (SSSR count). The molecule has 5 heterocycles. The third-order valence-corrected chi connectivity index (χ3v) is 6.86. The maximum Gasteiger partial charge on any atom is 0.168 e. The highest BCUT2D eigenvalue weighted by atomic mass is 16.5. The predicted molar refractivity (Wildman–Crippen MR) is 136 cm³/mol. The molecule has 174 valence electrons. The number of hydrogen-bond donors (Lipinski definition) is 2. The lowest BCUT2D eigenvalue weighted by atomic mass is 9.99. The molecule has 0 aliphatic carbocycles. The lowest BCUT2D eigenvalue weighted by molar-refractivity contribution is 0.312. The highest BCUT2D eigenvalue weighted by molar-refractivity contribution is 5.95. The van der Waals surface area contributed by atoms with Gasteiger partial charge in [-0.15, -0.1) is 10.2 Å². The molecule has 4 aromatic rings. The Kier molecular flexibility index (Phi) is 5.10. The van der Waals surface area contributed by atoms with Gasteiger partial charge in [0.25, 0.3) is 0 Å². The number of likely N-dealkylation sites (N-methyl/N-ethyl adjacent to an activating group) is 1. The minimum atomic E-state index is 0.643. The fourth-order valence-electron chi connectivity index (χ4n) is 5.10. The fraction of sp³-hybridized carbons (Fsp3) is 0.346. The van der Waals surface area contributed by atoms with Crippen LogP contribution >= 0.6 is 0 Å². The molecular weight excluding hydrogens is 426 g/mol. The molecule has 0 saturated carbocycles. The van der Waals surface area contributed by atoms with Crippen molar-refractivity contribution in [3.63, 3.8) is 0 Å². The van der Waals surface area contributed by atoms with E-state index >= 15 is 0 Å². The maximum atomic E-state index is 5.79. The number of aromatic nitrogens is 4. The Balaban J connectivity index is 1.37. The molecular formula is C26H29N7O. The third-order valence-electron chi connectivity index (χ3n) is 6.86. The minimum Gasteiger partial charge on any atom is -0.488 e. The Morgan fingerprint density at radius 1 is 0.941 bits per heavy atom. The normalized spacial score (nSPS) is 16.3. The van der Waals surface area contributed by atoms with Gasteiger partial charge in [-0.05, 0) is 56.3 Å². The van der Waals surface area contributed by atoms with E-state index in [1.54, 1.807) is 0 Å². The predicted octanol–water partition coefficient (Wildman–Crippen LogP) is 3.86. The smallest absolute Gasteiger partial charge is 0.168 e. The van der Waals surface area contributed by atoms with E-state index in [2.05, 4.69) is 74.4 Å². The quantitative estimate of drug-likeness (QED) is 0.485. The highest BCUT2D eigenvalue weighted by Gasteiger charge is 2.20. The Hall–Kier alpha value is -3.65. The number of fused-ring (bicyclic) bond motifs is 2. The molecule has 1 aromatic carbocycles. The van der Waals surface area contributed by atoms with E-state index in [-0.39, 0.29) is 0 Å². The van der Waals surface area contributed by atoms with Crippen molar-refractivity contribution < 1.29 is 4.74 Å². The van der Waals surface area contributed by atoms with E-state index in [0.717, 1.165) is 77.7 Å². The first-order valence-electron chi connectivity index (χ1n) is 11.8. The van der Waals surface area contributed by atoms with Crippen LogP contribution in [0.5, 0.6) is 5.75 Å². The summed E-state index contributed by atoms with van der Waals surface area (Å²) in [5.41, 5.74) is 8.65. The fourth-order valence-corrected chi connectivity index (χ4v) is 5.10. The van der Waals surface area contributed by atoms with Gasteiger partial charge < -0.3 is 24.8 Å². The van der Waals surface area contributed by atoms with Crippen molar-refractivity contribution in [3.05, 3.63) is 47.8 Å². The highest BCUT2D eigenvalue weighted by Crippen LogP contribution is 2.36. The van der Waals surface area contributed by atoms with Gasteiger partial charge in [-0.1, -0.05) is 0 Å². The molecule has 1 saturated heterocycles. The van der Waals surface area contributed by atoms with Crippen LogP contribution in [0.25, 0.3) is 33.4 Å². The number of nitrogens with zero attached hydrogens (tertiary/aromatic N) is 5. The first kappa shape index (κ1) is 20.9. The second-order valence-corrected chi connectivity index (χ2v) is 9.29. The molecule has 34 heavy (non-hydrogen) atoms. The molecule has 8 heteroatoms. The molecule has 1 fully saturated rings. The summed E-state index contributed by atoms with van der Waals surface area (Å²) >= 11 is 0. The van der Waals surface area contributed by atoms with Gasteiger partial charge in [0.15, 0.2) is 17.2 Å². The van der Waals surface area contributed by atoms with Crippen LogP contribution in [0, 0.1) is 13.8 Å². The molecule has 8 nitrogen and oxygen atoms in total. The van der Waals surface area contributed by atoms with Gasteiger partial charge in [0, 0.05) is 66.3 Å². The average molecular weight is 456 g/mol. The first-order valence-corrected chi connectivity index (χ1v) is 11.8. The van der Waals surface area contributed by atoms with Gasteiger partial charge >= 0.3 is 0 Å². The number of piperazine rings is 1. The summed E-state index contributed by atoms with van der Waals surface area (Å²) < 4.78 is 5.79. The zero-order valence-electron chi connectivity index (χ0n) is 19.9. The number of aromatic amines is 1. The van der Waals surface area contributed by atoms with Crippen LogP contribution in [0.3, 0.4) is 0 Å². The van der Waals surface area contributed by atoms with Crippen molar-refractivity contribution in [2.75, 3.05) is 56.6 Å². The number of rotatable bonds is 3. The zero-order valence-corrected chi connectivity index (χ0v) is 19.9. The number of aryl methyl sites for hydroxylation is 2. The number of nitrogens with one attached hydrogen (secondary N) is 2. The molecule has 2 aliphatic rings. The molecule has 0 bridgehead atoms. The van der Waals surface area contributed by atoms with Crippen LogP contribution in [0.4, 0.5) is 11.5 Å². The van der Waals surface area contributed by atoms with Crippen LogP contribution in [0.2, 0.25) is 0 Å². The summed E-state index contributed by atoms with van der Waals surface area (Å²) in [5.74, 6) is 1.58. The molecule has 0 atom stereocenters. The molecule has 0 radical (unpaired) electrons. The maximum absolute atomic E-state index is 5.79. The molecule has 3 aromatic heterocycles. The molecule has 0 spiro atoms. The first-order chi connectivity index (χ1) is 16.6. The van der Waals surface area contributed by atoms with Crippen molar-refractivity contribution in [1.82, 2.24) is 25.1 Å². The largest absolute Gasteiger partial charge is 0.488 e. The van der Waals surface area contributed by atoms with E-state index in [1.807, 2.05) is 18.5 Å². The van der Waals surface area contributed by atoms with E-state index in [1.165, 1.54) is 16.8 Å². The standard InChI is InChI=1S/C26H29N7O/c1-16-10-18(11-17(2)24(16)33-7-5-32(3)6-8-33)22-13-20-21(15-29-25(20)31-30-22)19-12-23-26(28-14-19)27-4-9-34-23/h10-15H,4-9H2,1-3H3,(H,27,28)(H,29,31). The van der Waals surface area contributed by atoms with Gasteiger partial charge in [0.2, 0.25) is 0 Å². The summed E-state index contributed by atoms with van der Waals surface area (Å²) in [6.45, 7) is 10.1. The van der Waals surface area contributed by atoms with Crippen LogP contribution in [-0.4, -0.2) is 71.4 Å². The monoisotopic (exact) mass is 455 g/mol. The summed E-state index contributed by atoms with van der Waals surface area (Å²) in [5, 5.41) is 13.3. The SMILES string of the molecule is Cc1cc(-c2cc3c(-c4cnc5c(c4)OCCN5)c[nH]c3nn2)cc(C)c1N1CCN(C)CC1. The minimum absolute atomic E-state index is 0.643. The number of anilines is 2. The summed E-state index contributed by atoms with van der Waals surface area (Å²) in [6.07, 6.45) is 3.85. The number of benzene rings is 1. The van der Waals surface area contributed by atoms with Crippen molar-refractivity contribution >= 4 is 22.5 Å². The van der Waals surface area contributed by atoms with Gasteiger partial charge in [-0.25, -0.2) is 4.98 Å². The Morgan fingerprint density at radius 2 is 1.74 bits per heavy atom. The van der Waals surface area contributed by atoms with Crippen LogP contribution in [0.15, 0.2) is 36.7 Å². The second-order valence-electron chi connectivity index (χ2n) is 9.29. The number of ether oxygens (including phenoxy) is 1. The third kappa shape index (κ3) is 3.64. The van der Waals surface area contributed by atoms with Crippen LogP contribution < -0.4 is 15.0 Å². The van der Waals surface area contributed by atoms with Gasteiger partial charge in [-0.2, -0.15) is 0 Å².